The van der Waals surface area contributed by atoms with E-state index in [1.807, 2.05) is 42.8 Å². The van der Waals surface area contributed by atoms with Gasteiger partial charge in [-0.05, 0) is 44.5 Å². The van der Waals surface area contributed by atoms with Gasteiger partial charge in [-0.25, -0.2) is 15.0 Å². The average molecular weight is 510 g/mol. The first kappa shape index (κ1) is 22.9. The molecule has 0 aliphatic heterocycles. The molecule has 29 heavy (non-hydrogen) atoms. The lowest BCUT2D eigenvalue weighted by molar-refractivity contribution is 0.0378. The maximum absolute atomic E-state index is 10.7. The Morgan fingerprint density at radius 2 is 2.10 bits per heavy atom. The van der Waals surface area contributed by atoms with E-state index in [4.69, 9.17) is 4.42 Å². The highest BCUT2D eigenvalue weighted by Crippen LogP contribution is 2.21. The maximum Gasteiger partial charge on any atom is 0.191 e. The number of aliphatic imine (C=N–C) groups is 1. The first-order valence-electron chi connectivity index (χ1n) is 9.22. The van der Waals surface area contributed by atoms with E-state index < -0.39 is 5.60 Å². The molecular weight excluding hydrogens is 483 g/mol. The SMILES string of the molecule is CCNC(=NCc1ccc(-n2ccnc2)nc1)NCC(C)(O)c1ccc(C)o1.I. The van der Waals surface area contributed by atoms with E-state index in [1.54, 1.807) is 31.7 Å². The van der Waals surface area contributed by atoms with Crippen LogP contribution in [0.1, 0.15) is 30.9 Å². The van der Waals surface area contributed by atoms with E-state index in [1.165, 1.54) is 0 Å². The van der Waals surface area contributed by atoms with E-state index in [0.29, 0.717) is 24.8 Å². The molecule has 1 atom stereocenters. The fraction of sp³-hybridized carbons (Fsp3) is 0.350. The minimum atomic E-state index is -1.14. The number of imidazole rings is 1. The molecule has 3 heterocycles. The van der Waals surface area contributed by atoms with Crippen LogP contribution in [0, 0.1) is 6.92 Å². The number of guanidine groups is 1. The van der Waals surface area contributed by atoms with Gasteiger partial charge in [-0.1, -0.05) is 6.07 Å². The van der Waals surface area contributed by atoms with Gasteiger partial charge in [-0.15, -0.1) is 24.0 Å². The number of halogens is 1. The van der Waals surface area contributed by atoms with Crippen molar-refractivity contribution in [1.82, 2.24) is 25.2 Å². The lowest BCUT2D eigenvalue weighted by atomic mass is 10.0. The average Bonchev–Trinajstić information content (AvgIpc) is 3.37. The summed E-state index contributed by atoms with van der Waals surface area (Å²) in [5.41, 5.74) is -0.159. The minimum Gasteiger partial charge on any atom is -0.463 e. The van der Waals surface area contributed by atoms with Crippen molar-refractivity contribution in [2.45, 2.75) is 32.9 Å². The largest absolute Gasteiger partial charge is 0.463 e. The first-order valence-corrected chi connectivity index (χ1v) is 9.22. The molecule has 0 fully saturated rings. The van der Waals surface area contributed by atoms with E-state index >= 15 is 0 Å². The van der Waals surface area contributed by atoms with Crippen molar-refractivity contribution in [1.29, 1.82) is 0 Å². The molecule has 0 aromatic carbocycles. The highest BCUT2D eigenvalue weighted by molar-refractivity contribution is 14.0. The van der Waals surface area contributed by atoms with Gasteiger partial charge in [0.2, 0.25) is 0 Å². The number of hydrogen-bond acceptors (Lipinski definition) is 5. The molecule has 0 saturated heterocycles. The Hall–Kier alpha value is -2.40. The molecule has 8 nitrogen and oxygen atoms in total. The predicted octanol–water partition coefficient (Wildman–Crippen LogP) is 2.75. The molecule has 3 N–H and O–H groups in total. The van der Waals surface area contributed by atoms with Gasteiger partial charge >= 0.3 is 0 Å². The number of aryl methyl sites for hydroxylation is 1. The number of nitrogens with zero attached hydrogens (tertiary/aromatic N) is 4. The van der Waals surface area contributed by atoms with Crippen molar-refractivity contribution in [2.24, 2.45) is 4.99 Å². The fourth-order valence-electron chi connectivity index (χ4n) is 2.64. The van der Waals surface area contributed by atoms with Crippen molar-refractivity contribution in [3.05, 3.63) is 66.3 Å². The Bertz CT molecular complexity index is 903. The van der Waals surface area contributed by atoms with Crippen LogP contribution in [0.25, 0.3) is 5.82 Å². The van der Waals surface area contributed by atoms with Gasteiger partial charge in [0.25, 0.3) is 0 Å². The second-order valence-electron chi connectivity index (χ2n) is 6.73. The highest BCUT2D eigenvalue weighted by atomic mass is 127. The topological polar surface area (TPSA) is 100 Å². The number of furan rings is 1. The third-order valence-electron chi connectivity index (χ3n) is 4.21. The summed E-state index contributed by atoms with van der Waals surface area (Å²) < 4.78 is 7.39. The lowest BCUT2D eigenvalue weighted by Gasteiger charge is -2.22. The third kappa shape index (κ3) is 6.29. The van der Waals surface area contributed by atoms with Crippen LogP contribution in [0.5, 0.6) is 0 Å². The Labute approximate surface area is 187 Å². The van der Waals surface area contributed by atoms with E-state index in [-0.39, 0.29) is 30.5 Å². The molecule has 3 aromatic rings. The van der Waals surface area contributed by atoms with Crippen LogP contribution in [0.15, 0.2) is 58.6 Å². The standard InChI is InChI=1S/C20H26N6O2.HI/c1-4-22-19(25-13-20(3,27)17-7-5-15(2)28-17)24-12-16-6-8-18(23-11-16)26-10-9-21-14-26;/h5-11,14,27H,4,12-13H2,1-3H3,(H2,22,24,25);1H. The van der Waals surface area contributed by atoms with Crippen molar-refractivity contribution in [2.75, 3.05) is 13.1 Å². The molecule has 1 unspecified atom stereocenters. The summed E-state index contributed by atoms with van der Waals surface area (Å²) in [6.07, 6.45) is 7.07. The van der Waals surface area contributed by atoms with Crippen LogP contribution in [-0.4, -0.2) is 38.7 Å². The molecular formula is C20H27IN6O2. The van der Waals surface area contributed by atoms with Crippen molar-refractivity contribution in [3.8, 4) is 5.82 Å². The van der Waals surface area contributed by atoms with Crippen LogP contribution < -0.4 is 10.6 Å². The predicted molar refractivity (Wildman–Crippen MR) is 123 cm³/mol. The number of aromatic nitrogens is 3. The Morgan fingerprint density at radius 3 is 2.69 bits per heavy atom. The zero-order chi connectivity index (χ0) is 20.0. The summed E-state index contributed by atoms with van der Waals surface area (Å²) in [4.78, 5) is 13.0. The second kappa shape index (κ2) is 10.4. The van der Waals surface area contributed by atoms with Crippen LogP contribution in [-0.2, 0) is 12.1 Å². The third-order valence-corrected chi connectivity index (χ3v) is 4.21. The number of rotatable bonds is 7. The molecule has 0 amide bonds. The molecule has 3 rings (SSSR count). The Morgan fingerprint density at radius 1 is 1.28 bits per heavy atom. The number of pyridine rings is 1. The summed E-state index contributed by atoms with van der Waals surface area (Å²) in [7, 11) is 0. The number of aliphatic hydroxyl groups is 1. The fourth-order valence-corrected chi connectivity index (χ4v) is 2.64. The summed E-state index contributed by atoms with van der Waals surface area (Å²) in [5.74, 6) is 2.71. The molecule has 0 radical (unpaired) electrons. The van der Waals surface area contributed by atoms with Gasteiger partial charge in [-0.3, -0.25) is 4.57 Å². The monoisotopic (exact) mass is 510 g/mol. The molecule has 0 saturated carbocycles. The number of hydrogen-bond donors (Lipinski definition) is 3. The number of nitrogens with one attached hydrogen (secondary N) is 2. The second-order valence-corrected chi connectivity index (χ2v) is 6.73. The van der Waals surface area contributed by atoms with Crippen LogP contribution in [0.3, 0.4) is 0 Å². The zero-order valence-electron chi connectivity index (χ0n) is 16.8. The lowest BCUT2D eigenvalue weighted by Crippen LogP contribution is -2.44. The molecule has 9 heteroatoms. The van der Waals surface area contributed by atoms with Gasteiger partial charge in [-0.2, -0.15) is 0 Å². The van der Waals surface area contributed by atoms with Gasteiger partial charge in [0.05, 0.1) is 13.1 Å². The summed E-state index contributed by atoms with van der Waals surface area (Å²) >= 11 is 0. The van der Waals surface area contributed by atoms with Crippen LogP contribution in [0.4, 0.5) is 0 Å². The van der Waals surface area contributed by atoms with Gasteiger partial charge in [0.1, 0.15) is 29.3 Å². The normalized spacial score (nSPS) is 13.4. The summed E-state index contributed by atoms with van der Waals surface area (Å²) in [6, 6.07) is 7.53. The Kier molecular flexibility index (Phi) is 8.21. The Balaban J connectivity index is 0.00000300. The minimum absolute atomic E-state index is 0. The molecule has 0 spiro atoms. The van der Waals surface area contributed by atoms with Gasteiger partial charge < -0.3 is 20.2 Å². The van der Waals surface area contributed by atoms with Gasteiger partial charge in [0.15, 0.2) is 5.96 Å². The molecule has 0 aliphatic carbocycles. The smallest absolute Gasteiger partial charge is 0.191 e. The molecule has 0 bridgehead atoms. The maximum atomic E-state index is 10.7. The van der Waals surface area contributed by atoms with E-state index in [2.05, 4.69) is 25.6 Å². The summed E-state index contributed by atoms with van der Waals surface area (Å²) in [6.45, 7) is 7.00. The first-order chi connectivity index (χ1) is 13.5. The van der Waals surface area contributed by atoms with Crippen molar-refractivity contribution in [3.63, 3.8) is 0 Å². The molecule has 156 valence electrons. The summed E-state index contributed by atoms with van der Waals surface area (Å²) in [5, 5.41) is 17.0. The molecule has 3 aromatic heterocycles. The highest BCUT2D eigenvalue weighted by Gasteiger charge is 2.27. The van der Waals surface area contributed by atoms with Crippen molar-refractivity contribution < 1.29 is 9.52 Å². The molecule has 0 aliphatic rings. The van der Waals surface area contributed by atoms with Crippen LogP contribution >= 0.6 is 24.0 Å². The van der Waals surface area contributed by atoms with Crippen LogP contribution in [0.2, 0.25) is 0 Å². The van der Waals surface area contributed by atoms with E-state index in [0.717, 1.165) is 17.1 Å². The van der Waals surface area contributed by atoms with E-state index in [9.17, 15) is 5.11 Å². The van der Waals surface area contributed by atoms with Crippen molar-refractivity contribution >= 4 is 29.9 Å². The van der Waals surface area contributed by atoms with Gasteiger partial charge in [0, 0.05) is 25.1 Å². The quantitative estimate of drug-likeness (QED) is 0.257. The zero-order valence-corrected chi connectivity index (χ0v) is 19.1.